The molecule has 7 heteroatoms. The summed E-state index contributed by atoms with van der Waals surface area (Å²) >= 11 is 1.35. The summed E-state index contributed by atoms with van der Waals surface area (Å²) in [7, 11) is 1.57. The van der Waals surface area contributed by atoms with Gasteiger partial charge in [-0.1, -0.05) is 68.4 Å². The maximum absolute atomic E-state index is 13.0. The van der Waals surface area contributed by atoms with Crippen LogP contribution in [0.3, 0.4) is 0 Å². The van der Waals surface area contributed by atoms with Crippen LogP contribution in [0.2, 0.25) is 0 Å². The van der Waals surface area contributed by atoms with Crippen molar-refractivity contribution in [2.75, 3.05) is 12.4 Å². The van der Waals surface area contributed by atoms with Gasteiger partial charge in [0.05, 0.1) is 12.8 Å². The Morgan fingerprint density at radius 2 is 1.49 bits per heavy atom. The lowest BCUT2D eigenvalue weighted by Gasteiger charge is -2.21. The van der Waals surface area contributed by atoms with E-state index >= 15 is 0 Å². The minimum Gasteiger partial charge on any atom is -0.497 e. The Morgan fingerprint density at radius 3 is 2.11 bits per heavy atom. The Labute approximate surface area is 209 Å². The highest BCUT2D eigenvalue weighted by atomic mass is 32.1. The van der Waals surface area contributed by atoms with Crippen LogP contribution in [0.4, 0.5) is 5.13 Å². The molecule has 1 aromatic heterocycles. The molecule has 0 aliphatic rings. The van der Waals surface area contributed by atoms with Crippen LogP contribution in [0.25, 0.3) is 22.4 Å². The van der Waals surface area contributed by atoms with Crippen molar-refractivity contribution in [1.29, 1.82) is 0 Å². The van der Waals surface area contributed by atoms with Gasteiger partial charge in [0.15, 0.2) is 5.13 Å². The molecular weight excluding hydrogens is 458 g/mol. The number of anilines is 1. The summed E-state index contributed by atoms with van der Waals surface area (Å²) in [5.74, 6) is -0.0711. The number of nitrogens with one attached hydrogen (secondary N) is 2. The molecule has 0 spiro atoms. The number of hydrogen-bond acceptors (Lipinski definition) is 5. The van der Waals surface area contributed by atoms with Gasteiger partial charge in [0.2, 0.25) is 5.91 Å². The first-order chi connectivity index (χ1) is 16.9. The fraction of sp³-hybridized carbons (Fsp3) is 0.179. The molecule has 1 atom stereocenters. The second-order valence-corrected chi connectivity index (χ2v) is 9.25. The van der Waals surface area contributed by atoms with Crippen LogP contribution in [0.5, 0.6) is 5.75 Å². The van der Waals surface area contributed by atoms with Crippen LogP contribution in [0.15, 0.2) is 84.2 Å². The predicted octanol–water partition coefficient (Wildman–Crippen LogP) is 5.88. The van der Waals surface area contributed by atoms with Gasteiger partial charge < -0.3 is 15.4 Å². The summed E-state index contributed by atoms with van der Waals surface area (Å²) in [5.41, 5.74) is 4.50. The normalized spacial score (nSPS) is 11.7. The van der Waals surface area contributed by atoms with E-state index in [4.69, 9.17) is 4.74 Å². The SMILES string of the molecule is COc1ccc(C(=O)NC(C(=O)Nc2nc(-c3ccc(-c4ccccc4)cc3)cs2)C(C)C)cc1. The van der Waals surface area contributed by atoms with Gasteiger partial charge in [0, 0.05) is 16.5 Å². The number of methoxy groups -OCH3 is 1. The number of ether oxygens (including phenoxy) is 1. The van der Waals surface area contributed by atoms with E-state index in [-0.39, 0.29) is 17.7 Å². The van der Waals surface area contributed by atoms with Gasteiger partial charge in [-0.25, -0.2) is 4.98 Å². The van der Waals surface area contributed by atoms with Gasteiger partial charge in [-0.2, -0.15) is 0 Å². The van der Waals surface area contributed by atoms with E-state index in [9.17, 15) is 9.59 Å². The molecule has 0 aliphatic heterocycles. The third-order valence-corrected chi connectivity index (χ3v) is 6.37. The number of carbonyl (C=O) groups is 2. The van der Waals surface area contributed by atoms with Crippen LogP contribution in [0, 0.1) is 5.92 Å². The molecule has 3 aromatic carbocycles. The zero-order valence-corrected chi connectivity index (χ0v) is 20.6. The molecule has 178 valence electrons. The van der Waals surface area contributed by atoms with E-state index < -0.39 is 6.04 Å². The molecule has 2 N–H and O–H groups in total. The predicted molar refractivity (Wildman–Crippen MR) is 141 cm³/mol. The molecule has 4 rings (SSSR count). The maximum atomic E-state index is 13.0. The van der Waals surface area contributed by atoms with Gasteiger partial charge in [-0.15, -0.1) is 11.3 Å². The van der Waals surface area contributed by atoms with E-state index in [0.29, 0.717) is 16.4 Å². The molecule has 0 fully saturated rings. The maximum Gasteiger partial charge on any atom is 0.251 e. The fourth-order valence-electron chi connectivity index (χ4n) is 3.61. The molecule has 0 saturated heterocycles. The number of aromatic nitrogens is 1. The number of nitrogens with zero attached hydrogens (tertiary/aromatic N) is 1. The van der Waals surface area contributed by atoms with Crippen molar-refractivity contribution in [3.8, 4) is 28.1 Å². The summed E-state index contributed by atoms with van der Waals surface area (Å²) in [6, 6.07) is 24.4. The molecule has 0 bridgehead atoms. The molecule has 0 aliphatic carbocycles. The van der Waals surface area contributed by atoms with Crippen molar-refractivity contribution in [1.82, 2.24) is 10.3 Å². The second-order valence-electron chi connectivity index (χ2n) is 8.39. The first-order valence-electron chi connectivity index (χ1n) is 11.3. The Balaban J connectivity index is 1.42. The average Bonchev–Trinajstić information content (AvgIpc) is 3.36. The highest BCUT2D eigenvalue weighted by molar-refractivity contribution is 7.14. The molecule has 2 amide bonds. The van der Waals surface area contributed by atoms with Crippen LogP contribution >= 0.6 is 11.3 Å². The van der Waals surface area contributed by atoms with Crippen molar-refractivity contribution in [3.05, 3.63) is 89.8 Å². The lowest BCUT2D eigenvalue weighted by atomic mass is 10.0. The first kappa shape index (κ1) is 24.2. The van der Waals surface area contributed by atoms with E-state index in [0.717, 1.165) is 22.4 Å². The average molecular weight is 486 g/mol. The Morgan fingerprint density at radius 1 is 0.857 bits per heavy atom. The number of benzene rings is 3. The summed E-state index contributed by atoms with van der Waals surface area (Å²) < 4.78 is 5.13. The summed E-state index contributed by atoms with van der Waals surface area (Å²) in [5, 5.41) is 8.09. The van der Waals surface area contributed by atoms with Gasteiger partial charge in [0.25, 0.3) is 5.91 Å². The molecule has 35 heavy (non-hydrogen) atoms. The topological polar surface area (TPSA) is 80.3 Å². The van der Waals surface area contributed by atoms with Crippen molar-refractivity contribution in [2.24, 2.45) is 5.92 Å². The van der Waals surface area contributed by atoms with Crippen LogP contribution in [-0.4, -0.2) is 29.9 Å². The minimum atomic E-state index is -0.706. The van der Waals surface area contributed by atoms with Crippen LogP contribution in [0.1, 0.15) is 24.2 Å². The minimum absolute atomic E-state index is 0.109. The van der Waals surface area contributed by atoms with Gasteiger partial charge in [-0.3, -0.25) is 9.59 Å². The van der Waals surface area contributed by atoms with Gasteiger partial charge >= 0.3 is 0 Å². The van der Waals surface area contributed by atoms with E-state index in [1.807, 2.05) is 49.6 Å². The second kappa shape index (κ2) is 11.0. The number of rotatable bonds is 8. The first-order valence-corrected chi connectivity index (χ1v) is 12.2. The summed E-state index contributed by atoms with van der Waals surface area (Å²) in [6.07, 6.45) is 0. The molecular formula is C28H27N3O3S. The quantitative estimate of drug-likeness (QED) is 0.327. The van der Waals surface area contributed by atoms with Crippen molar-refractivity contribution in [2.45, 2.75) is 19.9 Å². The van der Waals surface area contributed by atoms with Crippen molar-refractivity contribution < 1.29 is 14.3 Å². The Hall–Kier alpha value is -3.97. The summed E-state index contributed by atoms with van der Waals surface area (Å²) in [4.78, 5) is 30.3. The van der Waals surface area contributed by atoms with Crippen LogP contribution in [-0.2, 0) is 4.79 Å². The molecule has 6 nitrogen and oxygen atoms in total. The van der Waals surface area contributed by atoms with Crippen molar-refractivity contribution in [3.63, 3.8) is 0 Å². The molecule has 1 heterocycles. The van der Waals surface area contributed by atoms with E-state index in [1.165, 1.54) is 11.3 Å². The summed E-state index contributed by atoms with van der Waals surface area (Å²) in [6.45, 7) is 3.78. The molecule has 4 aromatic rings. The number of carbonyl (C=O) groups excluding carboxylic acids is 2. The monoisotopic (exact) mass is 485 g/mol. The Bertz CT molecular complexity index is 1280. The largest absolute Gasteiger partial charge is 0.497 e. The lowest BCUT2D eigenvalue weighted by Crippen LogP contribution is -2.47. The van der Waals surface area contributed by atoms with Gasteiger partial charge in [-0.05, 0) is 41.3 Å². The Kier molecular flexibility index (Phi) is 7.57. The third kappa shape index (κ3) is 5.94. The molecule has 0 radical (unpaired) electrons. The number of amides is 2. The van der Waals surface area contributed by atoms with Crippen molar-refractivity contribution >= 4 is 28.3 Å². The molecule has 0 saturated carbocycles. The fourth-order valence-corrected chi connectivity index (χ4v) is 4.34. The number of thiazole rings is 1. The smallest absolute Gasteiger partial charge is 0.251 e. The lowest BCUT2D eigenvalue weighted by molar-refractivity contribution is -0.118. The van der Waals surface area contributed by atoms with Gasteiger partial charge in [0.1, 0.15) is 11.8 Å². The van der Waals surface area contributed by atoms with E-state index in [1.54, 1.807) is 31.4 Å². The zero-order chi connectivity index (χ0) is 24.8. The van der Waals surface area contributed by atoms with Crippen LogP contribution < -0.4 is 15.4 Å². The standard InChI is InChI=1S/C28H27N3O3S/c1-18(2)25(30-26(32)22-13-15-23(34-3)16-14-22)27(33)31-28-29-24(17-35-28)21-11-9-20(10-12-21)19-7-5-4-6-8-19/h4-18,25H,1-3H3,(H,30,32)(H,29,31,33). The third-order valence-electron chi connectivity index (χ3n) is 5.61. The highest BCUT2D eigenvalue weighted by Crippen LogP contribution is 2.28. The zero-order valence-electron chi connectivity index (χ0n) is 19.8. The number of hydrogen-bond donors (Lipinski definition) is 2. The highest BCUT2D eigenvalue weighted by Gasteiger charge is 2.25. The van der Waals surface area contributed by atoms with E-state index in [2.05, 4.69) is 39.9 Å². The molecule has 1 unspecified atom stereocenters.